The van der Waals surface area contributed by atoms with E-state index >= 15 is 0 Å². The van der Waals surface area contributed by atoms with Gasteiger partial charge in [-0.2, -0.15) is 0 Å². The first kappa shape index (κ1) is 10.1. The Morgan fingerprint density at radius 2 is 2.27 bits per heavy atom. The van der Waals surface area contributed by atoms with Crippen molar-refractivity contribution in [2.75, 3.05) is 0 Å². The van der Waals surface area contributed by atoms with Crippen molar-refractivity contribution in [1.29, 1.82) is 0 Å². The van der Waals surface area contributed by atoms with Gasteiger partial charge in [0.2, 0.25) is 0 Å². The van der Waals surface area contributed by atoms with Crippen LogP contribution in [0.25, 0.3) is 11.0 Å². The van der Waals surface area contributed by atoms with E-state index in [1.165, 1.54) is 19.1 Å². The molecule has 1 aromatic carbocycles. The van der Waals surface area contributed by atoms with Gasteiger partial charge in [0.1, 0.15) is 11.3 Å². The Balaban J connectivity index is 2.91. The zero-order chi connectivity index (χ0) is 11.2. The summed E-state index contributed by atoms with van der Waals surface area (Å²) >= 11 is 3.02. The Kier molecular flexibility index (Phi) is 2.22. The summed E-state index contributed by atoms with van der Waals surface area (Å²) in [6, 6.07) is 2.97. The first-order valence-electron chi connectivity index (χ1n) is 4.08. The normalized spacial score (nSPS) is 10.9. The number of benzene rings is 1. The van der Waals surface area contributed by atoms with Crippen molar-refractivity contribution in [3.8, 4) is 0 Å². The van der Waals surface area contributed by atoms with E-state index in [0.717, 1.165) is 4.57 Å². The first-order chi connectivity index (χ1) is 7.02. The third kappa shape index (κ3) is 1.41. The number of carbonyl (C=O) groups is 1. The van der Waals surface area contributed by atoms with Gasteiger partial charge in [-0.15, -0.1) is 0 Å². The molecule has 0 saturated heterocycles. The lowest BCUT2D eigenvalue weighted by molar-refractivity contribution is 0.197. The SMILES string of the molecule is Cc1nc2c(F)c(Br)ccc2n1C(=O)O. The van der Waals surface area contributed by atoms with Crippen LogP contribution in [-0.4, -0.2) is 20.8 Å². The van der Waals surface area contributed by atoms with Crippen LogP contribution in [-0.2, 0) is 0 Å². The summed E-state index contributed by atoms with van der Waals surface area (Å²) in [5.41, 5.74) is 0.310. The highest BCUT2D eigenvalue weighted by Crippen LogP contribution is 2.25. The van der Waals surface area contributed by atoms with Crippen molar-refractivity contribution in [3.05, 3.63) is 28.2 Å². The van der Waals surface area contributed by atoms with E-state index in [9.17, 15) is 9.18 Å². The monoisotopic (exact) mass is 272 g/mol. The van der Waals surface area contributed by atoms with Gasteiger partial charge in [-0.1, -0.05) is 0 Å². The van der Waals surface area contributed by atoms with Crippen molar-refractivity contribution >= 4 is 33.1 Å². The molecule has 0 unspecified atom stereocenters. The van der Waals surface area contributed by atoms with Gasteiger partial charge in [-0.05, 0) is 35.0 Å². The van der Waals surface area contributed by atoms with Gasteiger partial charge in [0.25, 0.3) is 0 Å². The number of halogens is 2. The lowest BCUT2D eigenvalue weighted by atomic mass is 10.3. The minimum Gasteiger partial charge on any atom is -0.464 e. The van der Waals surface area contributed by atoms with Crippen LogP contribution in [0.4, 0.5) is 9.18 Å². The highest BCUT2D eigenvalue weighted by atomic mass is 79.9. The van der Waals surface area contributed by atoms with Crippen LogP contribution >= 0.6 is 15.9 Å². The van der Waals surface area contributed by atoms with Gasteiger partial charge in [-0.25, -0.2) is 18.7 Å². The van der Waals surface area contributed by atoms with Crippen LogP contribution in [0.5, 0.6) is 0 Å². The average Bonchev–Trinajstić information content (AvgIpc) is 2.49. The van der Waals surface area contributed by atoms with Crippen molar-refractivity contribution < 1.29 is 14.3 Å². The van der Waals surface area contributed by atoms with E-state index in [4.69, 9.17) is 5.11 Å². The maximum atomic E-state index is 13.5. The number of aryl methyl sites for hydroxylation is 1. The predicted molar refractivity (Wildman–Crippen MR) is 55.6 cm³/mol. The molecule has 4 nitrogen and oxygen atoms in total. The molecular formula is C9H6BrFN2O2. The largest absolute Gasteiger partial charge is 0.464 e. The smallest absolute Gasteiger partial charge is 0.417 e. The molecule has 1 heterocycles. The second-order valence-corrected chi connectivity index (χ2v) is 3.86. The molecule has 0 aliphatic carbocycles. The van der Waals surface area contributed by atoms with E-state index in [1.54, 1.807) is 0 Å². The number of aromatic nitrogens is 2. The number of imidazole rings is 1. The number of rotatable bonds is 0. The Morgan fingerprint density at radius 3 is 2.87 bits per heavy atom. The fourth-order valence-electron chi connectivity index (χ4n) is 1.44. The molecule has 1 N–H and O–H groups in total. The van der Waals surface area contributed by atoms with Crippen LogP contribution in [0, 0.1) is 12.7 Å². The molecule has 0 radical (unpaired) electrons. The molecule has 78 valence electrons. The third-order valence-corrected chi connectivity index (χ3v) is 2.69. The number of hydrogen-bond acceptors (Lipinski definition) is 2. The van der Waals surface area contributed by atoms with Crippen molar-refractivity contribution in [2.45, 2.75) is 6.92 Å². The fourth-order valence-corrected chi connectivity index (χ4v) is 1.76. The van der Waals surface area contributed by atoms with Gasteiger partial charge in [0.15, 0.2) is 5.82 Å². The van der Waals surface area contributed by atoms with Crippen molar-refractivity contribution in [2.24, 2.45) is 0 Å². The molecule has 15 heavy (non-hydrogen) atoms. The molecule has 0 saturated carbocycles. The predicted octanol–water partition coefficient (Wildman–Crippen LogP) is 2.77. The van der Waals surface area contributed by atoms with Gasteiger partial charge in [-0.3, -0.25) is 0 Å². The lowest BCUT2D eigenvalue weighted by Crippen LogP contribution is -2.09. The van der Waals surface area contributed by atoms with Gasteiger partial charge < -0.3 is 5.11 Å². The molecule has 6 heteroatoms. The molecule has 2 aromatic rings. The number of fused-ring (bicyclic) bond motifs is 1. The van der Waals surface area contributed by atoms with Gasteiger partial charge in [0.05, 0.1) is 9.99 Å². The summed E-state index contributed by atoms with van der Waals surface area (Å²) in [5, 5.41) is 8.90. The molecule has 0 spiro atoms. The van der Waals surface area contributed by atoms with Crippen LogP contribution < -0.4 is 0 Å². The molecule has 0 bridgehead atoms. The quantitative estimate of drug-likeness (QED) is 0.802. The summed E-state index contributed by atoms with van der Waals surface area (Å²) < 4.78 is 14.8. The first-order valence-corrected chi connectivity index (χ1v) is 4.88. The molecular weight excluding hydrogens is 267 g/mol. The number of carboxylic acid groups (broad SMARTS) is 1. The topological polar surface area (TPSA) is 55.1 Å². The van der Waals surface area contributed by atoms with E-state index in [1.807, 2.05) is 0 Å². The molecule has 0 aliphatic rings. The zero-order valence-electron chi connectivity index (χ0n) is 7.66. The fraction of sp³-hybridized carbons (Fsp3) is 0.111. The maximum Gasteiger partial charge on any atom is 0.417 e. The Morgan fingerprint density at radius 1 is 1.60 bits per heavy atom. The Hall–Kier alpha value is -1.43. The zero-order valence-corrected chi connectivity index (χ0v) is 9.25. The maximum absolute atomic E-state index is 13.5. The Bertz CT molecular complexity index is 565. The molecule has 0 fully saturated rings. The second-order valence-electron chi connectivity index (χ2n) is 3.01. The van der Waals surface area contributed by atoms with E-state index < -0.39 is 11.9 Å². The summed E-state index contributed by atoms with van der Waals surface area (Å²) in [6.45, 7) is 1.52. The van der Waals surface area contributed by atoms with Crippen LogP contribution in [0.3, 0.4) is 0 Å². The average molecular weight is 273 g/mol. The van der Waals surface area contributed by atoms with Gasteiger partial charge in [0, 0.05) is 0 Å². The second kappa shape index (κ2) is 3.30. The Labute approximate surface area is 92.5 Å². The minimum absolute atomic E-state index is 0.0595. The third-order valence-electron chi connectivity index (χ3n) is 2.08. The van der Waals surface area contributed by atoms with Crippen LogP contribution in [0.2, 0.25) is 0 Å². The molecule has 1 aromatic heterocycles. The van der Waals surface area contributed by atoms with E-state index in [0.29, 0.717) is 0 Å². The molecule has 2 rings (SSSR count). The summed E-state index contributed by atoms with van der Waals surface area (Å²) in [4.78, 5) is 14.8. The molecule has 0 aliphatic heterocycles. The molecule has 0 amide bonds. The highest BCUT2D eigenvalue weighted by Gasteiger charge is 2.16. The number of nitrogens with zero attached hydrogens (tertiary/aromatic N) is 2. The van der Waals surface area contributed by atoms with Crippen molar-refractivity contribution in [3.63, 3.8) is 0 Å². The lowest BCUT2D eigenvalue weighted by Gasteiger charge is -1.98. The van der Waals surface area contributed by atoms with Gasteiger partial charge >= 0.3 is 6.09 Å². The van der Waals surface area contributed by atoms with E-state index in [2.05, 4.69) is 20.9 Å². The summed E-state index contributed by atoms with van der Waals surface area (Å²) in [6.07, 6.45) is -1.17. The van der Waals surface area contributed by atoms with Crippen LogP contribution in [0.1, 0.15) is 5.82 Å². The summed E-state index contributed by atoms with van der Waals surface area (Å²) in [5.74, 6) is -0.301. The standard InChI is InChI=1S/C9H6BrFN2O2/c1-4-12-8-6(13(4)9(14)15)3-2-5(10)7(8)11/h2-3H,1H3,(H,14,15). The highest BCUT2D eigenvalue weighted by molar-refractivity contribution is 9.10. The van der Waals surface area contributed by atoms with E-state index in [-0.39, 0.29) is 21.3 Å². The molecule has 0 atom stereocenters. The van der Waals surface area contributed by atoms with Crippen molar-refractivity contribution in [1.82, 2.24) is 9.55 Å². The summed E-state index contributed by atoms with van der Waals surface area (Å²) in [7, 11) is 0. The van der Waals surface area contributed by atoms with Crippen LogP contribution in [0.15, 0.2) is 16.6 Å². The minimum atomic E-state index is -1.17. The number of hydrogen-bond donors (Lipinski definition) is 1.